The minimum absolute atomic E-state index is 0.112. The van der Waals surface area contributed by atoms with Crippen LogP contribution in [0.15, 0.2) is 33.7 Å². The third kappa shape index (κ3) is 5.04. The molecular formula is C17H21FN4O4S. The highest BCUT2D eigenvalue weighted by Crippen LogP contribution is 2.25. The SMILES string of the molecule is CC(C)c1cc(CNC(=O)Nc2ccc(F)c(S(=O)(=O)NC3CC3)c2)on1. The molecule has 0 aliphatic heterocycles. The number of rotatable bonds is 7. The molecule has 1 fully saturated rings. The third-order valence-corrected chi connectivity index (χ3v) is 5.51. The van der Waals surface area contributed by atoms with Crippen molar-refractivity contribution in [1.29, 1.82) is 0 Å². The van der Waals surface area contributed by atoms with Gasteiger partial charge in [0.1, 0.15) is 10.7 Å². The van der Waals surface area contributed by atoms with Crippen molar-refractivity contribution < 1.29 is 22.1 Å². The van der Waals surface area contributed by atoms with Crippen LogP contribution >= 0.6 is 0 Å². The molecule has 146 valence electrons. The van der Waals surface area contributed by atoms with Gasteiger partial charge in [0.25, 0.3) is 0 Å². The number of sulfonamides is 1. The molecule has 1 aliphatic rings. The van der Waals surface area contributed by atoms with Crippen LogP contribution in [-0.4, -0.2) is 25.6 Å². The second-order valence-electron chi connectivity index (χ2n) is 6.72. The summed E-state index contributed by atoms with van der Waals surface area (Å²) in [6, 6.07) is 4.40. The van der Waals surface area contributed by atoms with Crippen LogP contribution in [-0.2, 0) is 16.6 Å². The van der Waals surface area contributed by atoms with Crippen LogP contribution in [0.1, 0.15) is 44.1 Å². The van der Waals surface area contributed by atoms with Gasteiger partial charge in [0.2, 0.25) is 10.0 Å². The Morgan fingerprint density at radius 1 is 1.33 bits per heavy atom. The van der Waals surface area contributed by atoms with E-state index in [9.17, 15) is 17.6 Å². The van der Waals surface area contributed by atoms with Crippen LogP contribution < -0.4 is 15.4 Å². The summed E-state index contributed by atoms with van der Waals surface area (Å²) < 4.78 is 45.9. The van der Waals surface area contributed by atoms with E-state index >= 15 is 0 Å². The van der Waals surface area contributed by atoms with Gasteiger partial charge in [-0.1, -0.05) is 19.0 Å². The van der Waals surface area contributed by atoms with Crippen molar-refractivity contribution in [2.75, 3.05) is 5.32 Å². The number of anilines is 1. The van der Waals surface area contributed by atoms with E-state index in [-0.39, 0.29) is 24.2 Å². The normalized spacial score (nSPS) is 14.4. The number of carbonyl (C=O) groups is 1. The van der Waals surface area contributed by atoms with Gasteiger partial charge in [-0.05, 0) is 37.0 Å². The first-order valence-corrected chi connectivity index (χ1v) is 10.0. The summed E-state index contributed by atoms with van der Waals surface area (Å²) >= 11 is 0. The van der Waals surface area contributed by atoms with Gasteiger partial charge in [-0.2, -0.15) is 0 Å². The van der Waals surface area contributed by atoms with Gasteiger partial charge in [0.05, 0.1) is 12.2 Å². The Bertz CT molecular complexity index is 938. The van der Waals surface area contributed by atoms with Gasteiger partial charge < -0.3 is 15.2 Å². The average molecular weight is 396 g/mol. The minimum Gasteiger partial charge on any atom is -0.359 e. The molecule has 0 bridgehead atoms. The molecule has 0 spiro atoms. The largest absolute Gasteiger partial charge is 0.359 e. The molecule has 0 atom stereocenters. The lowest BCUT2D eigenvalue weighted by Gasteiger charge is -2.10. The number of amides is 2. The molecule has 3 N–H and O–H groups in total. The van der Waals surface area contributed by atoms with Crippen molar-refractivity contribution in [3.63, 3.8) is 0 Å². The van der Waals surface area contributed by atoms with Crippen LogP contribution in [0.2, 0.25) is 0 Å². The molecule has 2 amide bonds. The highest BCUT2D eigenvalue weighted by Gasteiger charge is 2.29. The fourth-order valence-corrected chi connectivity index (χ4v) is 3.71. The zero-order valence-corrected chi connectivity index (χ0v) is 15.8. The molecule has 1 aliphatic carbocycles. The van der Waals surface area contributed by atoms with Crippen molar-refractivity contribution in [3.8, 4) is 0 Å². The van der Waals surface area contributed by atoms with E-state index in [1.54, 1.807) is 6.07 Å². The molecule has 3 rings (SSSR count). The van der Waals surface area contributed by atoms with Crippen molar-refractivity contribution in [2.45, 2.75) is 50.1 Å². The molecular weight excluding hydrogens is 375 g/mol. The summed E-state index contributed by atoms with van der Waals surface area (Å²) in [5.41, 5.74) is 0.939. The van der Waals surface area contributed by atoms with Gasteiger partial charge in [0, 0.05) is 17.8 Å². The molecule has 10 heteroatoms. The van der Waals surface area contributed by atoms with Crippen molar-refractivity contribution in [1.82, 2.24) is 15.2 Å². The Hall–Kier alpha value is -2.46. The van der Waals surface area contributed by atoms with Crippen LogP contribution in [0.25, 0.3) is 0 Å². The Kier molecular flexibility index (Phi) is 5.47. The second-order valence-corrected chi connectivity index (χ2v) is 8.40. The fourth-order valence-electron chi connectivity index (χ4n) is 2.30. The van der Waals surface area contributed by atoms with Crippen molar-refractivity contribution in [2.24, 2.45) is 0 Å². The maximum atomic E-state index is 13.9. The standard InChI is InChI=1S/C17H21FN4O4S/c1-10(2)15-8-13(26-21-15)9-19-17(23)20-12-5-6-14(18)16(7-12)27(24,25)22-11-3-4-11/h5-8,10-11,22H,3-4,9H2,1-2H3,(H2,19,20,23). The molecule has 8 nitrogen and oxygen atoms in total. The molecule has 2 aromatic rings. The summed E-state index contributed by atoms with van der Waals surface area (Å²) in [4.78, 5) is 11.5. The van der Waals surface area contributed by atoms with Crippen molar-refractivity contribution >= 4 is 21.7 Å². The molecule has 1 saturated carbocycles. The Labute approximate surface area is 156 Å². The molecule has 1 heterocycles. The first-order valence-electron chi connectivity index (χ1n) is 8.57. The molecule has 27 heavy (non-hydrogen) atoms. The number of carbonyl (C=O) groups excluding carboxylic acids is 1. The predicted molar refractivity (Wildman–Crippen MR) is 96.2 cm³/mol. The molecule has 1 aromatic carbocycles. The minimum atomic E-state index is -3.97. The quantitative estimate of drug-likeness (QED) is 0.666. The summed E-state index contributed by atoms with van der Waals surface area (Å²) in [5.74, 6) is -0.179. The maximum absolute atomic E-state index is 13.9. The van der Waals surface area contributed by atoms with Crippen LogP contribution in [0.3, 0.4) is 0 Å². The number of urea groups is 1. The number of hydrogen-bond donors (Lipinski definition) is 3. The van der Waals surface area contributed by atoms with E-state index in [2.05, 4.69) is 20.5 Å². The van der Waals surface area contributed by atoms with E-state index < -0.39 is 26.8 Å². The van der Waals surface area contributed by atoms with E-state index in [4.69, 9.17) is 4.52 Å². The monoisotopic (exact) mass is 396 g/mol. The van der Waals surface area contributed by atoms with E-state index in [1.807, 2.05) is 13.8 Å². The Balaban J connectivity index is 1.62. The number of benzene rings is 1. The van der Waals surface area contributed by atoms with Crippen LogP contribution in [0, 0.1) is 5.82 Å². The van der Waals surface area contributed by atoms with E-state index in [0.717, 1.165) is 30.7 Å². The second kappa shape index (κ2) is 7.65. The summed E-state index contributed by atoms with van der Waals surface area (Å²) in [7, 11) is -3.97. The van der Waals surface area contributed by atoms with Crippen LogP contribution in [0.5, 0.6) is 0 Å². The average Bonchev–Trinajstić information content (AvgIpc) is 3.26. The number of aromatic nitrogens is 1. The fraction of sp³-hybridized carbons (Fsp3) is 0.412. The zero-order valence-electron chi connectivity index (χ0n) is 15.0. The summed E-state index contributed by atoms with van der Waals surface area (Å²) in [6.07, 6.45) is 1.47. The van der Waals surface area contributed by atoms with Gasteiger partial charge in [0.15, 0.2) is 5.76 Å². The highest BCUT2D eigenvalue weighted by molar-refractivity contribution is 7.89. The molecule has 1 aromatic heterocycles. The first kappa shape index (κ1) is 19.3. The van der Waals surface area contributed by atoms with Crippen molar-refractivity contribution in [3.05, 3.63) is 41.5 Å². The topological polar surface area (TPSA) is 113 Å². The number of halogens is 1. The van der Waals surface area contributed by atoms with Gasteiger partial charge in [-0.3, -0.25) is 0 Å². The summed E-state index contributed by atoms with van der Waals surface area (Å²) in [6.45, 7) is 4.06. The predicted octanol–water partition coefficient (Wildman–Crippen LogP) is 2.70. The lowest BCUT2D eigenvalue weighted by molar-refractivity contribution is 0.250. The van der Waals surface area contributed by atoms with Gasteiger partial charge in [-0.15, -0.1) is 0 Å². The lowest BCUT2D eigenvalue weighted by Crippen LogP contribution is -2.29. The smallest absolute Gasteiger partial charge is 0.319 e. The molecule has 0 saturated heterocycles. The first-order chi connectivity index (χ1) is 12.7. The van der Waals surface area contributed by atoms with Gasteiger partial charge in [-0.25, -0.2) is 22.3 Å². The number of nitrogens with one attached hydrogen (secondary N) is 3. The Morgan fingerprint density at radius 3 is 2.70 bits per heavy atom. The maximum Gasteiger partial charge on any atom is 0.319 e. The lowest BCUT2D eigenvalue weighted by atomic mass is 10.1. The van der Waals surface area contributed by atoms with E-state index in [0.29, 0.717) is 5.76 Å². The number of nitrogens with zero attached hydrogens (tertiary/aromatic N) is 1. The number of hydrogen-bond acceptors (Lipinski definition) is 5. The molecule has 0 radical (unpaired) electrons. The molecule has 0 unspecified atom stereocenters. The summed E-state index contributed by atoms with van der Waals surface area (Å²) in [5, 5.41) is 8.94. The van der Waals surface area contributed by atoms with Crippen LogP contribution in [0.4, 0.5) is 14.9 Å². The Morgan fingerprint density at radius 2 is 2.07 bits per heavy atom. The zero-order chi connectivity index (χ0) is 19.6. The van der Waals surface area contributed by atoms with E-state index in [1.165, 1.54) is 6.07 Å². The third-order valence-electron chi connectivity index (χ3n) is 3.97. The highest BCUT2D eigenvalue weighted by atomic mass is 32.2. The van der Waals surface area contributed by atoms with Gasteiger partial charge >= 0.3 is 6.03 Å².